The number of aliphatic hydroxyl groups excluding tert-OH is 1. The molecule has 0 aromatic carbocycles. The lowest BCUT2D eigenvalue weighted by Crippen LogP contribution is -2.17. The number of aliphatic hydroxyl groups is 1. The molecule has 0 spiro atoms. The highest BCUT2D eigenvalue weighted by Crippen LogP contribution is 2.15. The van der Waals surface area contributed by atoms with E-state index in [2.05, 4.69) is 0 Å². The Labute approximate surface area is 90.6 Å². The smallest absolute Gasteiger partial charge is 0.332 e. The van der Waals surface area contributed by atoms with E-state index in [9.17, 15) is 14.4 Å². The summed E-state index contributed by atoms with van der Waals surface area (Å²) in [5.41, 5.74) is -1.31. The van der Waals surface area contributed by atoms with E-state index in [0.717, 1.165) is 0 Å². The van der Waals surface area contributed by atoms with E-state index < -0.39 is 48.0 Å². The SMILES string of the molecule is CC(O)CC(C(=O)O)=C(CC(=O)O)C(=O)O. The number of rotatable bonds is 6. The van der Waals surface area contributed by atoms with Crippen LogP contribution in [0.15, 0.2) is 11.1 Å². The van der Waals surface area contributed by atoms with E-state index in [1.165, 1.54) is 6.92 Å². The van der Waals surface area contributed by atoms with E-state index in [-0.39, 0.29) is 0 Å². The predicted octanol–water partition coefficient (Wildman–Crippen LogP) is -0.302. The first kappa shape index (κ1) is 14.1. The Kier molecular flexibility index (Phi) is 5.17. The molecule has 0 fully saturated rings. The number of aliphatic carboxylic acids is 3. The normalized spacial score (nSPS) is 13.9. The average molecular weight is 232 g/mol. The summed E-state index contributed by atoms with van der Waals surface area (Å²) in [5, 5.41) is 34.9. The lowest BCUT2D eigenvalue weighted by atomic mass is 10.00. The minimum Gasteiger partial charge on any atom is -0.481 e. The van der Waals surface area contributed by atoms with Crippen LogP contribution in [0.5, 0.6) is 0 Å². The molecule has 0 radical (unpaired) electrons. The zero-order valence-corrected chi connectivity index (χ0v) is 8.51. The first-order valence-electron chi connectivity index (χ1n) is 4.34. The fourth-order valence-corrected chi connectivity index (χ4v) is 1.10. The van der Waals surface area contributed by atoms with Gasteiger partial charge in [0.15, 0.2) is 0 Å². The minimum atomic E-state index is -1.61. The Bertz CT molecular complexity index is 340. The van der Waals surface area contributed by atoms with Crippen LogP contribution in [-0.4, -0.2) is 44.4 Å². The van der Waals surface area contributed by atoms with Gasteiger partial charge >= 0.3 is 17.9 Å². The van der Waals surface area contributed by atoms with E-state index in [1.807, 2.05) is 0 Å². The van der Waals surface area contributed by atoms with E-state index in [0.29, 0.717) is 0 Å². The molecule has 16 heavy (non-hydrogen) atoms. The largest absolute Gasteiger partial charge is 0.481 e. The van der Waals surface area contributed by atoms with Crippen LogP contribution >= 0.6 is 0 Å². The molecule has 0 bridgehead atoms. The summed E-state index contributed by atoms with van der Waals surface area (Å²) in [5.74, 6) is -4.60. The van der Waals surface area contributed by atoms with Gasteiger partial charge in [0.1, 0.15) is 0 Å². The fourth-order valence-electron chi connectivity index (χ4n) is 1.10. The summed E-state index contributed by atoms with van der Waals surface area (Å²) in [4.78, 5) is 31.8. The van der Waals surface area contributed by atoms with Gasteiger partial charge in [-0.2, -0.15) is 0 Å². The summed E-state index contributed by atoms with van der Waals surface area (Å²) in [7, 11) is 0. The number of hydrogen-bond donors (Lipinski definition) is 4. The molecule has 4 N–H and O–H groups in total. The van der Waals surface area contributed by atoms with Crippen molar-refractivity contribution >= 4 is 17.9 Å². The quantitative estimate of drug-likeness (QED) is 0.462. The lowest BCUT2D eigenvalue weighted by molar-refractivity contribution is -0.140. The molecule has 0 saturated carbocycles. The van der Waals surface area contributed by atoms with Gasteiger partial charge in [-0.1, -0.05) is 0 Å². The van der Waals surface area contributed by atoms with Crippen LogP contribution in [0.4, 0.5) is 0 Å². The van der Waals surface area contributed by atoms with Crippen LogP contribution in [0, 0.1) is 0 Å². The predicted molar refractivity (Wildman–Crippen MR) is 50.8 cm³/mol. The highest BCUT2D eigenvalue weighted by atomic mass is 16.4. The molecule has 0 amide bonds. The van der Waals surface area contributed by atoms with E-state index in [4.69, 9.17) is 20.4 Å². The lowest BCUT2D eigenvalue weighted by Gasteiger charge is -2.08. The zero-order chi connectivity index (χ0) is 12.9. The maximum atomic E-state index is 10.7. The zero-order valence-electron chi connectivity index (χ0n) is 8.51. The van der Waals surface area contributed by atoms with Crippen molar-refractivity contribution in [1.82, 2.24) is 0 Å². The molecule has 0 aliphatic rings. The van der Waals surface area contributed by atoms with Gasteiger partial charge in [-0.15, -0.1) is 0 Å². The second-order valence-electron chi connectivity index (χ2n) is 3.19. The summed E-state index contributed by atoms with van der Waals surface area (Å²) in [6, 6.07) is 0. The van der Waals surface area contributed by atoms with Crippen LogP contribution in [0.3, 0.4) is 0 Å². The topological polar surface area (TPSA) is 132 Å². The number of carboxylic acid groups (broad SMARTS) is 3. The Morgan fingerprint density at radius 2 is 1.44 bits per heavy atom. The summed E-state index contributed by atoms with van der Waals surface area (Å²) >= 11 is 0. The summed E-state index contributed by atoms with van der Waals surface area (Å²) in [6.07, 6.45) is -2.37. The van der Waals surface area contributed by atoms with Crippen molar-refractivity contribution in [3.05, 3.63) is 11.1 Å². The fraction of sp³-hybridized carbons (Fsp3) is 0.444. The highest BCUT2D eigenvalue weighted by Gasteiger charge is 2.23. The van der Waals surface area contributed by atoms with E-state index >= 15 is 0 Å². The molecule has 0 heterocycles. The van der Waals surface area contributed by atoms with Gasteiger partial charge in [0.05, 0.1) is 23.7 Å². The third kappa shape index (κ3) is 4.56. The summed E-state index contributed by atoms with van der Waals surface area (Å²) < 4.78 is 0. The van der Waals surface area contributed by atoms with E-state index in [1.54, 1.807) is 0 Å². The molecule has 0 aromatic rings. The molecule has 1 unspecified atom stereocenters. The molecule has 0 aromatic heterocycles. The molecule has 0 aliphatic carbocycles. The van der Waals surface area contributed by atoms with Crippen LogP contribution in [-0.2, 0) is 14.4 Å². The first-order valence-corrected chi connectivity index (χ1v) is 4.34. The maximum Gasteiger partial charge on any atom is 0.332 e. The molecule has 90 valence electrons. The Morgan fingerprint density at radius 3 is 1.69 bits per heavy atom. The first-order chi connectivity index (χ1) is 7.25. The average Bonchev–Trinajstić information content (AvgIpc) is 2.09. The second-order valence-corrected chi connectivity index (χ2v) is 3.19. The molecule has 0 aliphatic heterocycles. The van der Waals surface area contributed by atoms with Crippen molar-refractivity contribution in [3.63, 3.8) is 0 Å². The molecule has 7 nitrogen and oxygen atoms in total. The van der Waals surface area contributed by atoms with Gasteiger partial charge in [0.2, 0.25) is 0 Å². The van der Waals surface area contributed by atoms with Crippen LogP contribution in [0.25, 0.3) is 0 Å². The van der Waals surface area contributed by atoms with Crippen molar-refractivity contribution in [1.29, 1.82) is 0 Å². The number of hydrogen-bond acceptors (Lipinski definition) is 4. The molecular weight excluding hydrogens is 220 g/mol. The highest BCUT2D eigenvalue weighted by molar-refractivity contribution is 6.01. The van der Waals surface area contributed by atoms with Gasteiger partial charge in [0, 0.05) is 6.42 Å². The number of carbonyl (C=O) groups is 3. The van der Waals surface area contributed by atoms with Crippen molar-refractivity contribution < 1.29 is 34.8 Å². The summed E-state index contributed by atoms with van der Waals surface area (Å²) in [6.45, 7) is 1.28. The standard InChI is InChI=1S/C9H12O7/c1-4(10)2-5(8(13)14)6(9(15)16)3-7(11)12/h4,10H,2-3H2,1H3,(H,11,12)(H,13,14)(H,15,16). The van der Waals surface area contributed by atoms with Crippen LogP contribution in [0.1, 0.15) is 19.8 Å². The van der Waals surface area contributed by atoms with Gasteiger partial charge in [0.25, 0.3) is 0 Å². The van der Waals surface area contributed by atoms with Crippen molar-refractivity contribution in [2.24, 2.45) is 0 Å². The monoisotopic (exact) mass is 232 g/mol. The molecule has 0 rings (SSSR count). The molecule has 1 atom stereocenters. The Balaban J connectivity index is 5.34. The van der Waals surface area contributed by atoms with Crippen LogP contribution < -0.4 is 0 Å². The molecule has 7 heteroatoms. The van der Waals surface area contributed by atoms with Gasteiger partial charge in [-0.3, -0.25) is 4.79 Å². The third-order valence-electron chi connectivity index (χ3n) is 1.71. The van der Waals surface area contributed by atoms with Crippen molar-refractivity contribution in [3.8, 4) is 0 Å². The van der Waals surface area contributed by atoms with Crippen molar-refractivity contribution in [2.75, 3.05) is 0 Å². The van der Waals surface area contributed by atoms with Crippen LogP contribution in [0.2, 0.25) is 0 Å². The Morgan fingerprint density at radius 1 is 1.00 bits per heavy atom. The molecule has 0 saturated heterocycles. The third-order valence-corrected chi connectivity index (χ3v) is 1.71. The van der Waals surface area contributed by atoms with Gasteiger partial charge < -0.3 is 20.4 Å². The van der Waals surface area contributed by atoms with Gasteiger partial charge in [-0.05, 0) is 6.92 Å². The second kappa shape index (κ2) is 5.86. The van der Waals surface area contributed by atoms with Crippen molar-refractivity contribution in [2.45, 2.75) is 25.9 Å². The minimum absolute atomic E-state index is 0.412. The number of carboxylic acids is 3. The maximum absolute atomic E-state index is 10.7. The molecular formula is C9H12O7. The Hall–Kier alpha value is -1.89. The van der Waals surface area contributed by atoms with Gasteiger partial charge in [-0.25, -0.2) is 9.59 Å².